The minimum atomic E-state index is 1.02. The highest BCUT2D eigenvalue weighted by atomic mass is 14.6. The molecular weight excluding hydrogens is 276 g/mol. The van der Waals surface area contributed by atoms with Crippen LogP contribution >= 0.6 is 0 Å². The summed E-state index contributed by atoms with van der Waals surface area (Å²) in [7, 11) is 0. The molecule has 0 aliphatic heterocycles. The van der Waals surface area contributed by atoms with Crippen LogP contribution in [0.4, 0.5) is 0 Å². The lowest BCUT2D eigenvalue weighted by Crippen LogP contribution is -2.59. The van der Waals surface area contributed by atoms with E-state index in [2.05, 4.69) is 20.8 Å². The highest BCUT2D eigenvalue weighted by molar-refractivity contribution is 5.08. The van der Waals surface area contributed by atoms with E-state index in [1.807, 2.05) is 0 Å². The second kappa shape index (κ2) is 5.50. The van der Waals surface area contributed by atoms with Gasteiger partial charge in [0.15, 0.2) is 0 Å². The molecule has 0 aromatic heterocycles. The van der Waals surface area contributed by atoms with Crippen molar-refractivity contribution in [3.05, 3.63) is 0 Å². The molecule has 0 aromatic rings. The first-order valence-corrected chi connectivity index (χ1v) is 11.2. The van der Waals surface area contributed by atoms with Crippen LogP contribution in [0.2, 0.25) is 0 Å². The first kappa shape index (κ1) is 15.3. The van der Waals surface area contributed by atoms with Crippen molar-refractivity contribution in [2.24, 2.45) is 65.1 Å². The van der Waals surface area contributed by atoms with Crippen LogP contribution in [0.25, 0.3) is 0 Å². The molecule has 5 fully saturated rings. The number of rotatable bonds is 0. The molecule has 0 spiro atoms. The molecule has 11 atom stereocenters. The van der Waals surface area contributed by atoms with Crippen molar-refractivity contribution in [1.82, 2.24) is 0 Å². The van der Waals surface area contributed by atoms with Gasteiger partial charge in [-0.2, -0.15) is 0 Å². The number of fused-ring (bicyclic) bond motifs is 2. The molecule has 5 aliphatic carbocycles. The van der Waals surface area contributed by atoms with Gasteiger partial charge in [-0.25, -0.2) is 0 Å². The Labute approximate surface area is 144 Å². The maximum atomic E-state index is 2.61. The molecule has 0 amide bonds. The fourth-order valence-electron chi connectivity index (χ4n) is 9.34. The summed E-state index contributed by atoms with van der Waals surface area (Å²) in [6.45, 7) is 7.82. The summed E-state index contributed by atoms with van der Waals surface area (Å²) in [5.74, 6) is 12.1. The van der Waals surface area contributed by atoms with Crippen molar-refractivity contribution < 1.29 is 0 Å². The second-order valence-corrected chi connectivity index (χ2v) is 10.6. The van der Waals surface area contributed by atoms with Crippen LogP contribution in [0.5, 0.6) is 0 Å². The molecule has 130 valence electrons. The van der Waals surface area contributed by atoms with Crippen LogP contribution in [0.1, 0.15) is 78.6 Å². The van der Waals surface area contributed by atoms with Crippen LogP contribution in [-0.4, -0.2) is 0 Å². The third kappa shape index (κ3) is 2.08. The lowest BCUT2D eigenvalue weighted by Gasteiger charge is -2.65. The van der Waals surface area contributed by atoms with E-state index < -0.39 is 0 Å². The Balaban J connectivity index is 1.55. The molecule has 23 heavy (non-hydrogen) atoms. The largest absolute Gasteiger partial charge is 0.0622 e. The van der Waals surface area contributed by atoms with Crippen LogP contribution < -0.4 is 0 Å². The van der Waals surface area contributed by atoms with Gasteiger partial charge in [-0.3, -0.25) is 0 Å². The molecule has 0 nitrogen and oxygen atoms in total. The molecule has 0 saturated heterocycles. The Kier molecular flexibility index (Phi) is 3.65. The van der Waals surface area contributed by atoms with E-state index in [1.54, 1.807) is 57.8 Å². The van der Waals surface area contributed by atoms with E-state index in [0.717, 1.165) is 65.1 Å². The van der Waals surface area contributed by atoms with E-state index in [9.17, 15) is 0 Å². The van der Waals surface area contributed by atoms with Gasteiger partial charge in [-0.05, 0) is 97.2 Å². The maximum Gasteiger partial charge on any atom is -0.0318 e. The summed E-state index contributed by atoms with van der Waals surface area (Å²) >= 11 is 0. The second-order valence-electron chi connectivity index (χ2n) is 10.6. The zero-order chi connectivity index (χ0) is 15.7. The first-order valence-electron chi connectivity index (χ1n) is 11.2. The van der Waals surface area contributed by atoms with E-state index in [0.29, 0.717) is 0 Å². The quantitative estimate of drug-likeness (QED) is 0.485. The molecular formula is C23H38. The maximum absolute atomic E-state index is 2.61. The number of hydrogen-bond donors (Lipinski definition) is 0. The molecule has 0 heteroatoms. The Morgan fingerprint density at radius 1 is 0.391 bits per heavy atom. The summed E-state index contributed by atoms with van der Waals surface area (Å²) in [5.41, 5.74) is 0. The fourth-order valence-corrected chi connectivity index (χ4v) is 9.34. The van der Waals surface area contributed by atoms with Crippen LogP contribution in [0.3, 0.4) is 0 Å². The number of hydrogen-bond acceptors (Lipinski definition) is 0. The molecule has 0 aromatic carbocycles. The van der Waals surface area contributed by atoms with Crippen LogP contribution in [0.15, 0.2) is 0 Å². The Morgan fingerprint density at radius 3 is 1.52 bits per heavy atom. The normalized spacial score (nSPS) is 61.4. The molecule has 0 N–H and O–H groups in total. The zero-order valence-electron chi connectivity index (χ0n) is 15.7. The van der Waals surface area contributed by atoms with Gasteiger partial charge >= 0.3 is 0 Å². The van der Waals surface area contributed by atoms with Crippen molar-refractivity contribution in [2.75, 3.05) is 0 Å². The van der Waals surface area contributed by atoms with E-state index in [4.69, 9.17) is 0 Å². The van der Waals surface area contributed by atoms with Gasteiger partial charge in [0.2, 0.25) is 0 Å². The fraction of sp³-hybridized carbons (Fsp3) is 1.00. The van der Waals surface area contributed by atoms with Gasteiger partial charge < -0.3 is 0 Å². The molecule has 0 heterocycles. The molecule has 5 aliphatic rings. The summed E-state index contributed by atoms with van der Waals surface area (Å²) in [6, 6.07) is 0. The van der Waals surface area contributed by atoms with Gasteiger partial charge in [-0.1, -0.05) is 46.5 Å². The van der Waals surface area contributed by atoms with Gasteiger partial charge in [-0.15, -0.1) is 0 Å². The molecule has 5 rings (SSSR count). The van der Waals surface area contributed by atoms with Gasteiger partial charge in [0.1, 0.15) is 0 Å². The Bertz CT molecular complexity index is 429. The molecule has 11 unspecified atom stereocenters. The van der Waals surface area contributed by atoms with Crippen molar-refractivity contribution in [3.63, 3.8) is 0 Å². The van der Waals surface area contributed by atoms with Gasteiger partial charge in [0.05, 0.1) is 0 Å². The summed E-state index contributed by atoms with van der Waals surface area (Å²) < 4.78 is 0. The summed E-state index contributed by atoms with van der Waals surface area (Å²) in [4.78, 5) is 0. The lowest BCUT2D eigenvalue weighted by molar-refractivity contribution is -0.168. The zero-order valence-corrected chi connectivity index (χ0v) is 15.7. The third-order valence-corrected chi connectivity index (χ3v) is 10.0. The van der Waals surface area contributed by atoms with Crippen molar-refractivity contribution >= 4 is 0 Å². The van der Waals surface area contributed by atoms with E-state index in [-0.39, 0.29) is 0 Å². The molecule has 0 radical (unpaired) electrons. The third-order valence-electron chi connectivity index (χ3n) is 10.0. The Morgan fingerprint density at radius 2 is 0.870 bits per heavy atom. The van der Waals surface area contributed by atoms with Crippen molar-refractivity contribution in [3.8, 4) is 0 Å². The van der Waals surface area contributed by atoms with E-state index in [1.165, 1.54) is 0 Å². The van der Waals surface area contributed by atoms with Gasteiger partial charge in [0.25, 0.3) is 0 Å². The van der Waals surface area contributed by atoms with Gasteiger partial charge in [0, 0.05) is 0 Å². The monoisotopic (exact) mass is 314 g/mol. The first-order chi connectivity index (χ1) is 11.2. The van der Waals surface area contributed by atoms with Crippen LogP contribution in [-0.2, 0) is 0 Å². The standard InChI is InChI=1S/C23H38/c1-13-7-10-18-20-12-9-15(3)21-14(2)8-11-19(23(20)21)17-6-4-5-16(13)22(17)18/h13-23H,4-12H2,1-3H3. The van der Waals surface area contributed by atoms with Crippen molar-refractivity contribution in [1.29, 1.82) is 0 Å². The smallest absolute Gasteiger partial charge is 0.0318 e. The lowest BCUT2D eigenvalue weighted by atomic mass is 9.40. The minimum absolute atomic E-state index is 1.02. The van der Waals surface area contributed by atoms with Crippen molar-refractivity contribution in [2.45, 2.75) is 78.6 Å². The predicted octanol–water partition coefficient (Wildman–Crippen LogP) is 6.40. The molecule has 5 saturated carbocycles. The summed E-state index contributed by atoms with van der Waals surface area (Å²) in [6.07, 6.45) is 14.2. The van der Waals surface area contributed by atoms with E-state index >= 15 is 0 Å². The topological polar surface area (TPSA) is 0 Å². The SMILES string of the molecule is CC1CCC2C3CCC(C)C4C(C)CCC(C5CCCC1C52)C34. The highest BCUT2D eigenvalue weighted by Gasteiger charge is 2.59. The average Bonchev–Trinajstić information content (AvgIpc) is 2.56. The predicted molar refractivity (Wildman–Crippen MR) is 97.0 cm³/mol. The Hall–Kier alpha value is 0. The minimum Gasteiger partial charge on any atom is -0.0622 e. The van der Waals surface area contributed by atoms with Crippen LogP contribution in [0, 0.1) is 65.1 Å². The highest BCUT2D eigenvalue weighted by Crippen LogP contribution is 2.66. The average molecular weight is 315 g/mol. The molecule has 0 bridgehead atoms. The summed E-state index contributed by atoms with van der Waals surface area (Å²) in [5, 5.41) is 0.